The summed E-state index contributed by atoms with van der Waals surface area (Å²) in [5.74, 6) is 0.733. The average molecular weight is 374 g/mol. The van der Waals surface area contributed by atoms with Gasteiger partial charge in [0.2, 0.25) is 0 Å². The molecule has 0 radical (unpaired) electrons. The molecule has 0 aliphatic heterocycles. The van der Waals surface area contributed by atoms with E-state index in [1.165, 1.54) is 0 Å². The number of hydrogen-bond acceptors (Lipinski definition) is 6. The van der Waals surface area contributed by atoms with E-state index in [1.54, 1.807) is 17.9 Å². The molecular formula is C21H18N4O3. The Hall–Kier alpha value is -3.32. The molecule has 3 heterocycles. The van der Waals surface area contributed by atoms with Crippen LogP contribution in [0, 0.1) is 0 Å². The first-order valence-corrected chi connectivity index (χ1v) is 9.14. The monoisotopic (exact) mass is 374 g/mol. The summed E-state index contributed by atoms with van der Waals surface area (Å²) in [6, 6.07) is 13.7. The van der Waals surface area contributed by atoms with Crippen molar-refractivity contribution >= 4 is 11.4 Å². The van der Waals surface area contributed by atoms with E-state index >= 15 is 0 Å². The van der Waals surface area contributed by atoms with Crippen molar-refractivity contribution in [2.24, 2.45) is 0 Å². The first kappa shape index (κ1) is 16.8. The lowest BCUT2D eigenvalue weighted by molar-refractivity contribution is 0.0951. The van der Waals surface area contributed by atoms with Crippen LogP contribution in [0.25, 0.3) is 16.8 Å². The number of carbonyl (C=O) groups is 1. The third-order valence-electron chi connectivity index (χ3n) is 5.13. The van der Waals surface area contributed by atoms with Gasteiger partial charge < -0.3 is 9.15 Å². The van der Waals surface area contributed by atoms with Gasteiger partial charge in [0.25, 0.3) is 0 Å². The van der Waals surface area contributed by atoms with Crippen LogP contribution >= 0.6 is 0 Å². The number of hydrogen-bond donors (Lipinski definition) is 0. The Morgan fingerprint density at radius 3 is 2.75 bits per heavy atom. The van der Waals surface area contributed by atoms with Crippen LogP contribution in [0.4, 0.5) is 0 Å². The van der Waals surface area contributed by atoms with Crippen LogP contribution < -0.4 is 0 Å². The molecule has 1 atom stereocenters. The second-order valence-corrected chi connectivity index (χ2v) is 6.90. The van der Waals surface area contributed by atoms with Crippen LogP contribution in [0.2, 0.25) is 0 Å². The zero-order valence-corrected chi connectivity index (χ0v) is 15.3. The van der Waals surface area contributed by atoms with Crippen molar-refractivity contribution in [3.8, 4) is 11.1 Å². The molecule has 140 valence electrons. The molecule has 7 heteroatoms. The van der Waals surface area contributed by atoms with E-state index in [0.717, 1.165) is 28.3 Å². The SMILES string of the molecule is COCc1nn2c3c(nnc2c1-c1ccccc1)C(=O)CC(c1ccco1)C3. The molecule has 1 unspecified atom stereocenters. The highest BCUT2D eigenvalue weighted by Gasteiger charge is 2.33. The van der Waals surface area contributed by atoms with Gasteiger partial charge in [0.05, 0.1) is 29.8 Å². The van der Waals surface area contributed by atoms with Gasteiger partial charge in [-0.1, -0.05) is 30.3 Å². The minimum atomic E-state index is -0.0397. The summed E-state index contributed by atoms with van der Waals surface area (Å²) >= 11 is 0. The topological polar surface area (TPSA) is 82.5 Å². The molecule has 28 heavy (non-hydrogen) atoms. The lowest BCUT2D eigenvalue weighted by Gasteiger charge is -2.21. The van der Waals surface area contributed by atoms with Gasteiger partial charge in [0.15, 0.2) is 17.1 Å². The molecule has 1 aliphatic carbocycles. The number of aromatic nitrogens is 4. The molecule has 0 amide bonds. The summed E-state index contributed by atoms with van der Waals surface area (Å²) in [6.45, 7) is 0.345. The molecule has 0 spiro atoms. The standard InChI is InChI=1S/C21H18N4O3/c1-27-12-15-19(13-6-3-2-4-7-13)21-23-22-20-16(25(21)24-15)10-14(11-17(20)26)18-8-5-9-28-18/h2-9,14H,10-12H2,1H3. The normalized spacial score (nSPS) is 16.5. The summed E-state index contributed by atoms with van der Waals surface area (Å²) in [4.78, 5) is 12.7. The number of furan rings is 1. The number of Topliss-reactive ketones (excluding diaryl/α,β-unsaturated/α-hetero) is 1. The third kappa shape index (κ3) is 2.63. The lowest BCUT2D eigenvalue weighted by atomic mass is 9.87. The third-order valence-corrected chi connectivity index (χ3v) is 5.13. The number of fused-ring (bicyclic) bond motifs is 3. The van der Waals surface area contributed by atoms with E-state index in [2.05, 4.69) is 10.2 Å². The molecule has 4 aromatic rings. The van der Waals surface area contributed by atoms with Crippen LogP contribution in [0.15, 0.2) is 53.1 Å². The van der Waals surface area contributed by atoms with Gasteiger partial charge in [-0.05, 0) is 17.7 Å². The van der Waals surface area contributed by atoms with Crippen LogP contribution in [-0.2, 0) is 17.8 Å². The van der Waals surface area contributed by atoms with E-state index in [4.69, 9.17) is 14.3 Å². The largest absolute Gasteiger partial charge is 0.469 e. The first-order chi connectivity index (χ1) is 13.8. The van der Waals surface area contributed by atoms with Gasteiger partial charge >= 0.3 is 0 Å². The first-order valence-electron chi connectivity index (χ1n) is 9.14. The molecule has 0 saturated heterocycles. The van der Waals surface area contributed by atoms with E-state index in [-0.39, 0.29) is 11.7 Å². The molecule has 1 aromatic carbocycles. The van der Waals surface area contributed by atoms with Crippen molar-refractivity contribution in [1.82, 2.24) is 19.8 Å². The molecule has 0 fully saturated rings. The van der Waals surface area contributed by atoms with Crippen LogP contribution in [-0.4, -0.2) is 32.7 Å². The maximum absolute atomic E-state index is 12.7. The predicted octanol–water partition coefficient (Wildman–Crippen LogP) is 3.44. The summed E-state index contributed by atoms with van der Waals surface area (Å²) < 4.78 is 12.7. The van der Waals surface area contributed by atoms with E-state index in [9.17, 15) is 4.79 Å². The van der Waals surface area contributed by atoms with Gasteiger partial charge in [-0.15, -0.1) is 10.2 Å². The highest BCUT2D eigenvalue weighted by Crippen LogP contribution is 2.34. The molecule has 0 bridgehead atoms. The van der Waals surface area contributed by atoms with Gasteiger partial charge in [0, 0.05) is 25.9 Å². The van der Waals surface area contributed by atoms with Crippen molar-refractivity contribution in [1.29, 1.82) is 0 Å². The van der Waals surface area contributed by atoms with Crippen molar-refractivity contribution < 1.29 is 13.9 Å². The number of ether oxygens (including phenoxy) is 1. The number of nitrogens with zero attached hydrogens (tertiary/aromatic N) is 4. The van der Waals surface area contributed by atoms with Crippen molar-refractivity contribution in [2.45, 2.75) is 25.4 Å². The van der Waals surface area contributed by atoms with Crippen LogP contribution in [0.1, 0.15) is 40.0 Å². The second kappa shape index (κ2) is 6.69. The zero-order chi connectivity index (χ0) is 19.1. The fraction of sp³-hybridized carbons (Fsp3) is 0.238. The molecule has 1 aliphatic rings. The molecule has 0 saturated carbocycles. The number of benzene rings is 1. The molecule has 5 rings (SSSR count). The minimum Gasteiger partial charge on any atom is -0.469 e. The molecule has 0 N–H and O–H groups in total. The average Bonchev–Trinajstić information content (AvgIpc) is 3.37. The van der Waals surface area contributed by atoms with E-state index in [0.29, 0.717) is 30.8 Å². The highest BCUT2D eigenvalue weighted by atomic mass is 16.5. The lowest BCUT2D eigenvalue weighted by Crippen LogP contribution is -2.24. The smallest absolute Gasteiger partial charge is 0.185 e. The van der Waals surface area contributed by atoms with E-state index in [1.807, 2.05) is 42.5 Å². The van der Waals surface area contributed by atoms with Gasteiger partial charge in [0.1, 0.15) is 5.76 Å². The van der Waals surface area contributed by atoms with Crippen molar-refractivity contribution in [3.05, 3.63) is 71.6 Å². The molecule has 3 aromatic heterocycles. The number of carbonyl (C=O) groups excluding carboxylic acids is 1. The maximum atomic E-state index is 12.7. The minimum absolute atomic E-state index is 0.0300. The highest BCUT2D eigenvalue weighted by molar-refractivity contribution is 5.97. The Balaban J connectivity index is 1.71. The summed E-state index contributed by atoms with van der Waals surface area (Å²) in [7, 11) is 1.64. The zero-order valence-electron chi connectivity index (χ0n) is 15.3. The maximum Gasteiger partial charge on any atom is 0.185 e. The van der Waals surface area contributed by atoms with E-state index < -0.39 is 0 Å². The predicted molar refractivity (Wildman–Crippen MR) is 101 cm³/mol. The Morgan fingerprint density at radius 2 is 2.00 bits per heavy atom. The Kier molecular flexibility index (Phi) is 4.02. The molecule has 7 nitrogen and oxygen atoms in total. The number of rotatable bonds is 4. The van der Waals surface area contributed by atoms with Gasteiger partial charge in [-0.25, -0.2) is 4.52 Å². The fourth-order valence-corrected chi connectivity index (χ4v) is 3.88. The number of methoxy groups -OCH3 is 1. The number of ketones is 1. The van der Waals surface area contributed by atoms with Gasteiger partial charge in [-0.2, -0.15) is 5.10 Å². The Bertz CT molecular complexity index is 1150. The Labute approximate surface area is 161 Å². The van der Waals surface area contributed by atoms with Crippen molar-refractivity contribution in [2.75, 3.05) is 7.11 Å². The quantitative estimate of drug-likeness (QED) is 0.544. The van der Waals surface area contributed by atoms with Gasteiger partial charge in [-0.3, -0.25) is 4.79 Å². The van der Waals surface area contributed by atoms with Crippen molar-refractivity contribution in [3.63, 3.8) is 0 Å². The van der Waals surface area contributed by atoms with Crippen LogP contribution in [0.5, 0.6) is 0 Å². The Morgan fingerprint density at radius 1 is 1.14 bits per heavy atom. The summed E-state index contributed by atoms with van der Waals surface area (Å²) in [5, 5.41) is 13.4. The summed E-state index contributed by atoms with van der Waals surface area (Å²) in [5.41, 5.74) is 4.42. The van der Waals surface area contributed by atoms with Crippen LogP contribution in [0.3, 0.4) is 0 Å². The molecular weight excluding hydrogens is 356 g/mol. The fourth-order valence-electron chi connectivity index (χ4n) is 3.88. The second-order valence-electron chi connectivity index (χ2n) is 6.90. The summed E-state index contributed by atoms with van der Waals surface area (Å²) in [6.07, 6.45) is 2.61.